The lowest BCUT2D eigenvalue weighted by Crippen LogP contribution is -2.39. The van der Waals surface area contributed by atoms with Crippen molar-refractivity contribution in [2.75, 3.05) is 20.3 Å². The first kappa shape index (κ1) is 10.2. The predicted molar refractivity (Wildman–Crippen MR) is 42.2 cm³/mol. The fraction of sp³-hybridized carbons (Fsp3) is 0.857. The Balaban J connectivity index is 2.26. The first-order chi connectivity index (χ1) is 6.15. The standard InChI is InChI=1S/C7H13NO5/c1-12-7(11)8-2-5-6(10)4(9)3-13-5/h4-6,9-10H,2-3H2,1H3,(H,8,11)/t4-,5+,6-/m0/s1. The van der Waals surface area contributed by atoms with E-state index in [-0.39, 0.29) is 13.2 Å². The number of aliphatic hydroxyl groups is 2. The van der Waals surface area contributed by atoms with E-state index in [2.05, 4.69) is 10.1 Å². The Morgan fingerprint density at radius 3 is 2.85 bits per heavy atom. The van der Waals surface area contributed by atoms with E-state index in [1.165, 1.54) is 7.11 Å². The van der Waals surface area contributed by atoms with Crippen LogP contribution >= 0.6 is 0 Å². The maximum atomic E-state index is 10.6. The van der Waals surface area contributed by atoms with E-state index in [4.69, 9.17) is 9.84 Å². The molecule has 0 bridgehead atoms. The second-order valence-corrected chi connectivity index (χ2v) is 2.80. The van der Waals surface area contributed by atoms with E-state index >= 15 is 0 Å². The van der Waals surface area contributed by atoms with Crippen molar-refractivity contribution in [1.82, 2.24) is 5.32 Å². The molecule has 1 heterocycles. The van der Waals surface area contributed by atoms with Gasteiger partial charge >= 0.3 is 6.09 Å². The largest absolute Gasteiger partial charge is 0.453 e. The summed E-state index contributed by atoms with van der Waals surface area (Å²) < 4.78 is 9.32. The molecule has 1 aliphatic rings. The zero-order valence-electron chi connectivity index (χ0n) is 7.27. The number of rotatable bonds is 2. The van der Waals surface area contributed by atoms with Crippen molar-refractivity contribution < 1.29 is 24.5 Å². The van der Waals surface area contributed by atoms with E-state index in [0.29, 0.717) is 0 Å². The summed E-state index contributed by atoms with van der Waals surface area (Å²) in [6, 6.07) is 0. The SMILES string of the molecule is COC(=O)NC[C@H]1OC[C@H](O)[C@@H]1O. The van der Waals surface area contributed by atoms with Crippen LogP contribution in [0.1, 0.15) is 0 Å². The molecule has 3 atom stereocenters. The topological polar surface area (TPSA) is 88.0 Å². The van der Waals surface area contributed by atoms with E-state index in [9.17, 15) is 9.90 Å². The summed E-state index contributed by atoms with van der Waals surface area (Å²) in [7, 11) is 1.25. The monoisotopic (exact) mass is 191 g/mol. The number of carbonyl (C=O) groups excluding carboxylic acids is 1. The molecule has 0 aromatic rings. The summed E-state index contributed by atoms with van der Waals surface area (Å²) in [6.45, 7) is 0.222. The lowest BCUT2D eigenvalue weighted by molar-refractivity contribution is 0.0237. The van der Waals surface area contributed by atoms with Crippen LogP contribution in [-0.4, -0.2) is 54.9 Å². The Kier molecular flexibility index (Phi) is 3.47. The van der Waals surface area contributed by atoms with Gasteiger partial charge in [0, 0.05) is 6.54 Å². The molecule has 6 nitrogen and oxygen atoms in total. The number of ether oxygens (including phenoxy) is 2. The molecule has 0 unspecified atom stereocenters. The zero-order valence-corrected chi connectivity index (χ0v) is 7.27. The number of amides is 1. The smallest absolute Gasteiger partial charge is 0.406 e. The minimum atomic E-state index is -0.947. The van der Waals surface area contributed by atoms with Gasteiger partial charge in [0.2, 0.25) is 0 Å². The molecule has 0 aliphatic carbocycles. The summed E-state index contributed by atoms with van der Waals surface area (Å²) in [5.41, 5.74) is 0. The van der Waals surface area contributed by atoms with Crippen LogP contribution in [0.5, 0.6) is 0 Å². The summed E-state index contributed by atoms with van der Waals surface area (Å²) >= 11 is 0. The average Bonchev–Trinajstić information content (AvgIpc) is 2.44. The number of nitrogens with one attached hydrogen (secondary N) is 1. The molecule has 3 N–H and O–H groups in total. The number of alkyl carbamates (subject to hydrolysis) is 1. The second-order valence-electron chi connectivity index (χ2n) is 2.80. The van der Waals surface area contributed by atoms with E-state index in [0.717, 1.165) is 0 Å². The molecule has 0 saturated carbocycles. The Morgan fingerprint density at radius 1 is 1.69 bits per heavy atom. The Labute approximate surface area is 75.5 Å². The molecule has 0 spiro atoms. The molecule has 0 radical (unpaired) electrons. The minimum absolute atomic E-state index is 0.0920. The van der Waals surface area contributed by atoms with Crippen LogP contribution in [-0.2, 0) is 9.47 Å². The molecule has 0 aromatic heterocycles. The third-order valence-electron chi connectivity index (χ3n) is 1.89. The van der Waals surface area contributed by atoms with Crippen LogP contribution in [0.15, 0.2) is 0 Å². The first-order valence-electron chi connectivity index (χ1n) is 3.94. The predicted octanol–water partition coefficient (Wildman–Crippen LogP) is -1.54. The minimum Gasteiger partial charge on any atom is -0.453 e. The summed E-state index contributed by atoms with van der Waals surface area (Å²) in [5, 5.41) is 20.7. The third-order valence-corrected chi connectivity index (χ3v) is 1.89. The fourth-order valence-electron chi connectivity index (χ4n) is 1.10. The highest BCUT2D eigenvalue weighted by molar-refractivity contribution is 5.66. The highest BCUT2D eigenvalue weighted by atomic mass is 16.5. The molecule has 0 aromatic carbocycles. The van der Waals surface area contributed by atoms with Crippen molar-refractivity contribution in [3.05, 3.63) is 0 Å². The Bertz CT molecular complexity index is 186. The number of hydrogen-bond donors (Lipinski definition) is 3. The average molecular weight is 191 g/mol. The van der Waals surface area contributed by atoms with Crippen LogP contribution < -0.4 is 5.32 Å². The summed E-state index contributed by atoms with van der Waals surface area (Å²) in [5.74, 6) is 0. The van der Waals surface area contributed by atoms with Crippen molar-refractivity contribution in [2.45, 2.75) is 18.3 Å². The number of carbonyl (C=O) groups is 1. The van der Waals surface area contributed by atoms with Gasteiger partial charge in [0.25, 0.3) is 0 Å². The van der Waals surface area contributed by atoms with Crippen molar-refractivity contribution in [2.24, 2.45) is 0 Å². The summed E-state index contributed by atoms with van der Waals surface area (Å²) in [4.78, 5) is 10.6. The van der Waals surface area contributed by atoms with Crippen LogP contribution in [0, 0.1) is 0 Å². The molecule has 1 amide bonds. The number of aliphatic hydroxyl groups excluding tert-OH is 2. The molecular weight excluding hydrogens is 178 g/mol. The first-order valence-corrected chi connectivity index (χ1v) is 3.94. The Morgan fingerprint density at radius 2 is 2.38 bits per heavy atom. The van der Waals surface area contributed by atoms with Gasteiger partial charge in [-0.05, 0) is 0 Å². The quantitative estimate of drug-likeness (QED) is 0.492. The number of hydrogen-bond acceptors (Lipinski definition) is 5. The van der Waals surface area contributed by atoms with Crippen LogP contribution in [0.4, 0.5) is 4.79 Å². The fourth-order valence-corrected chi connectivity index (χ4v) is 1.10. The lowest BCUT2D eigenvalue weighted by atomic mass is 10.1. The molecule has 76 valence electrons. The molecule has 1 aliphatic heterocycles. The van der Waals surface area contributed by atoms with Crippen molar-refractivity contribution in [3.8, 4) is 0 Å². The van der Waals surface area contributed by atoms with Gasteiger partial charge < -0.3 is 25.0 Å². The van der Waals surface area contributed by atoms with Gasteiger partial charge in [-0.25, -0.2) is 4.79 Å². The highest BCUT2D eigenvalue weighted by Crippen LogP contribution is 2.12. The van der Waals surface area contributed by atoms with Crippen LogP contribution in [0.2, 0.25) is 0 Å². The Hall–Kier alpha value is -0.850. The lowest BCUT2D eigenvalue weighted by Gasteiger charge is -2.14. The maximum absolute atomic E-state index is 10.6. The van der Waals surface area contributed by atoms with Crippen molar-refractivity contribution in [1.29, 1.82) is 0 Å². The third kappa shape index (κ3) is 2.55. The van der Waals surface area contributed by atoms with Gasteiger partial charge in [0.05, 0.1) is 13.7 Å². The normalized spacial score (nSPS) is 33.0. The van der Waals surface area contributed by atoms with Gasteiger partial charge in [-0.2, -0.15) is 0 Å². The molecular formula is C7H13NO5. The zero-order chi connectivity index (χ0) is 9.84. The summed E-state index contributed by atoms with van der Waals surface area (Å²) in [6.07, 6.45) is -2.96. The van der Waals surface area contributed by atoms with Gasteiger partial charge in [-0.1, -0.05) is 0 Å². The molecule has 1 fully saturated rings. The molecule has 13 heavy (non-hydrogen) atoms. The molecule has 1 rings (SSSR count). The second kappa shape index (κ2) is 4.40. The van der Waals surface area contributed by atoms with Crippen molar-refractivity contribution >= 4 is 6.09 Å². The number of methoxy groups -OCH3 is 1. The van der Waals surface area contributed by atoms with Crippen LogP contribution in [0.3, 0.4) is 0 Å². The molecule has 6 heteroatoms. The van der Waals surface area contributed by atoms with Gasteiger partial charge in [-0.15, -0.1) is 0 Å². The van der Waals surface area contributed by atoms with E-state index < -0.39 is 24.4 Å². The van der Waals surface area contributed by atoms with E-state index in [1.54, 1.807) is 0 Å². The molecule has 1 saturated heterocycles. The van der Waals surface area contributed by atoms with Gasteiger partial charge in [-0.3, -0.25) is 0 Å². The van der Waals surface area contributed by atoms with Crippen molar-refractivity contribution in [3.63, 3.8) is 0 Å². The highest BCUT2D eigenvalue weighted by Gasteiger charge is 2.34. The van der Waals surface area contributed by atoms with Crippen LogP contribution in [0.25, 0.3) is 0 Å². The van der Waals surface area contributed by atoms with E-state index in [1.807, 2.05) is 0 Å². The van der Waals surface area contributed by atoms with Gasteiger partial charge in [0.1, 0.15) is 18.3 Å². The van der Waals surface area contributed by atoms with Gasteiger partial charge in [0.15, 0.2) is 0 Å². The maximum Gasteiger partial charge on any atom is 0.406 e.